The quantitative estimate of drug-likeness (QED) is 0.575. The van der Waals surface area contributed by atoms with Crippen LogP contribution in [0, 0.1) is 0 Å². The van der Waals surface area contributed by atoms with Crippen LogP contribution in [0.15, 0.2) is 47.8 Å². The van der Waals surface area contributed by atoms with Gasteiger partial charge in [0.2, 0.25) is 0 Å². The van der Waals surface area contributed by atoms with E-state index < -0.39 is 11.9 Å². The fourth-order valence-corrected chi connectivity index (χ4v) is 2.68. The van der Waals surface area contributed by atoms with E-state index in [0.29, 0.717) is 5.69 Å². The third-order valence-corrected chi connectivity index (χ3v) is 4.16. The fourth-order valence-electron chi connectivity index (χ4n) is 2.05. The van der Waals surface area contributed by atoms with Crippen molar-refractivity contribution in [1.82, 2.24) is 0 Å². The Morgan fingerprint density at radius 2 is 1.54 bits per heavy atom. The Morgan fingerprint density at radius 1 is 0.917 bits per heavy atom. The molecule has 1 aliphatic heterocycles. The lowest BCUT2D eigenvalue weighted by Crippen LogP contribution is -2.27. The molecule has 0 amide bonds. The molecule has 1 aromatic carbocycles. The molecule has 8 heteroatoms. The van der Waals surface area contributed by atoms with E-state index in [2.05, 4.69) is 0 Å². The van der Waals surface area contributed by atoms with Crippen LogP contribution < -0.4 is 4.90 Å². The maximum Gasteiger partial charge on any atom is 0.355 e. The predicted molar refractivity (Wildman–Crippen MR) is 93.3 cm³/mol. The van der Waals surface area contributed by atoms with Crippen LogP contribution in [0.3, 0.4) is 0 Å². The van der Waals surface area contributed by atoms with Crippen molar-refractivity contribution in [2.75, 3.05) is 19.1 Å². The molecule has 0 aliphatic carbocycles. The Labute approximate surface area is 153 Å². The number of methoxy groups -OCH3 is 2. The lowest BCUT2D eigenvalue weighted by Gasteiger charge is -2.24. The molecule has 0 N–H and O–H groups in total. The summed E-state index contributed by atoms with van der Waals surface area (Å²) in [5, 5.41) is 0.742. The molecule has 2 rings (SSSR count). The van der Waals surface area contributed by atoms with E-state index in [1.807, 2.05) is 0 Å². The summed E-state index contributed by atoms with van der Waals surface area (Å²) in [7, 11) is 2.42. The lowest BCUT2D eigenvalue weighted by atomic mass is 10.1. The molecule has 1 aromatic rings. The molecule has 0 unspecified atom stereocenters. The van der Waals surface area contributed by atoms with Crippen LogP contribution in [-0.4, -0.2) is 26.2 Å². The first-order valence-electron chi connectivity index (χ1n) is 6.60. The van der Waals surface area contributed by atoms with Gasteiger partial charge in [-0.15, -0.1) is 0 Å². The Kier molecular flexibility index (Phi) is 5.94. The van der Waals surface area contributed by atoms with E-state index >= 15 is 0 Å². The van der Waals surface area contributed by atoms with Gasteiger partial charge in [-0.3, -0.25) is 0 Å². The van der Waals surface area contributed by atoms with Gasteiger partial charge >= 0.3 is 11.9 Å². The summed E-state index contributed by atoms with van der Waals surface area (Å²) in [6.07, 6.45) is 6.20. The number of ether oxygens (including phenoxy) is 2. The largest absolute Gasteiger partial charge is 0.465 e. The van der Waals surface area contributed by atoms with Gasteiger partial charge in [0.15, 0.2) is 0 Å². The predicted octanol–water partition coefficient (Wildman–Crippen LogP) is 4.14. The van der Waals surface area contributed by atoms with Crippen molar-refractivity contribution < 1.29 is 19.1 Å². The second kappa shape index (κ2) is 7.75. The van der Waals surface area contributed by atoms with Gasteiger partial charge in [0.05, 0.1) is 40.5 Å². The smallest absolute Gasteiger partial charge is 0.355 e. The third kappa shape index (κ3) is 3.59. The van der Waals surface area contributed by atoms with Crippen molar-refractivity contribution in [2.24, 2.45) is 0 Å². The molecule has 126 valence electrons. The molecule has 0 aromatic heterocycles. The van der Waals surface area contributed by atoms with Crippen LogP contribution in [-0.2, 0) is 19.1 Å². The van der Waals surface area contributed by atoms with E-state index in [4.69, 9.17) is 44.3 Å². The number of rotatable bonds is 3. The van der Waals surface area contributed by atoms with Crippen molar-refractivity contribution >= 4 is 52.4 Å². The maximum atomic E-state index is 12.3. The van der Waals surface area contributed by atoms with E-state index in [0.717, 1.165) is 0 Å². The van der Waals surface area contributed by atoms with Crippen molar-refractivity contribution in [1.29, 1.82) is 0 Å². The zero-order valence-corrected chi connectivity index (χ0v) is 14.9. The highest BCUT2D eigenvalue weighted by Crippen LogP contribution is 2.37. The summed E-state index contributed by atoms with van der Waals surface area (Å²) in [5.74, 6) is -1.44. The third-order valence-electron chi connectivity index (χ3n) is 3.14. The molecule has 0 saturated heterocycles. The van der Waals surface area contributed by atoms with Crippen LogP contribution in [0.4, 0.5) is 5.69 Å². The summed E-state index contributed by atoms with van der Waals surface area (Å²) < 4.78 is 9.54. The van der Waals surface area contributed by atoms with Gasteiger partial charge in [-0.1, -0.05) is 40.9 Å². The molecule has 0 fully saturated rings. The molecule has 0 atom stereocenters. The number of benzene rings is 1. The maximum absolute atomic E-state index is 12.3. The number of carbonyl (C=O) groups excluding carboxylic acids is 2. The molecule has 0 radical (unpaired) electrons. The number of hydrogen-bond donors (Lipinski definition) is 0. The summed E-state index contributed by atoms with van der Waals surface area (Å²) >= 11 is 18.2. The van der Waals surface area contributed by atoms with E-state index in [9.17, 15) is 9.59 Å². The molecule has 1 heterocycles. The first kappa shape index (κ1) is 18.4. The van der Waals surface area contributed by atoms with Crippen molar-refractivity contribution in [3.8, 4) is 0 Å². The van der Waals surface area contributed by atoms with Crippen LogP contribution >= 0.6 is 34.8 Å². The highest BCUT2D eigenvalue weighted by molar-refractivity contribution is 6.44. The van der Waals surface area contributed by atoms with Gasteiger partial charge in [-0.25, -0.2) is 9.59 Å². The SMILES string of the molecule is COC(=O)C1=C(C(=O)OC)N(c2cc(Cl)c(Cl)cc2Cl)C=CC=C1. The summed E-state index contributed by atoms with van der Waals surface area (Å²) in [5.41, 5.74) is 0.305. The van der Waals surface area contributed by atoms with Gasteiger partial charge in [0, 0.05) is 6.20 Å². The highest BCUT2D eigenvalue weighted by Gasteiger charge is 2.28. The molecule has 0 saturated carbocycles. The van der Waals surface area contributed by atoms with Crippen molar-refractivity contribution in [3.05, 3.63) is 62.9 Å². The minimum atomic E-state index is -0.742. The number of carbonyl (C=O) groups is 2. The van der Waals surface area contributed by atoms with Crippen LogP contribution in [0.5, 0.6) is 0 Å². The van der Waals surface area contributed by atoms with Gasteiger partial charge in [-0.05, 0) is 24.3 Å². The summed E-state index contributed by atoms with van der Waals surface area (Å²) in [4.78, 5) is 25.7. The first-order chi connectivity index (χ1) is 11.4. The molecular weight excluding hydrogens is 377 g/mol. The minimum absolute atomic E-state index is 0.0106. The van der Waals surface area contributed by atoms with E-state index in [-0.39, 0.29) is 26.3 Å². The molecule has 24 heavy (non-hydrogen) atoms. The average molecular weight is 389 g/mol. The minimum Gasteiger partial charge on any atom is -0.465 e. The summed E-state index contributed by atoms with van der Waals surface area (Å²) in [6, 6.07) is 2.93. The second-order valence-corrected chi connectivity index (χ2v) is 5.76. The number of halogens is 3. The molecule has 1 aliphatic rings. The van der Waals surface area contributed by atoms with Crippen molar-refractivity contribution in [2.45, 2.75) is 0 Å². The Bertz CT molecular complexity index is 784. The molecular formula is C16H12Cl3NO4. The molecule has 5 nitrogen and oxygen atoms in total. The Balaban J connectivity index is 2.72. The normalized spacial score (nSPS) is 13.8. The highest BCUT2D eigenvalue weighted by atomic mass is 35.5. The molecule has 0 bridgehead atoms. The summed E-state index contributed by atoms with van der Waals surface area (Å²) in [6.45, 7) is 0. The number of esters is 2. The van der Waals surface area contributed by atoms with Gasteiger partial charge in [0.1, 0.15) is 5.70 Å². The van der Waals surface area contributed by atoms with Gasteiger partial charge in [0.25, 0.3) is 0 Å². The zero-order valence-electron chi connectivity index (χ0n) is 12.7. The van der Waals surface area contributed by atoms with E-state index in [1.165, 1.54) is 37.3 Å². The van der Waals surface area contributed by atoms with Crippen molar-refractivity contribution in [3.63, 3.8) is 0 Å². The van der Waals surface area contributed by atoms with Crippen LogP contribution in [0.2, 0.25) is 15.1 Å². The topological polar surface area (TPSA) is 55.8 Å². The Morgan fingerprint density at radius 3 is 2.17 bits per heavy atom. The number of allylic oxidation sites excluding steroid dienone is 2. The van der Waals surface area contributed by atoms with Crippen LogP contribution in [0.1, 0.15) is 0 Å². The second-order valence-electron chi connectivity index (χ2n) is 4.53. The monoisotopic (exact) mass is 387 g/mol. The number of hydrogen-bond acceptors (Lipinski definition) is 5. The van der Waals surface area contributed by atoms with Crippen LogP contribution in [0.25, 0.3) is 0 Å². The number of anilines is 1. The number of nitrogens with zero attached hydrogens (tertiary/aromatic N) is 1. The van der Waals surface area contributed by atoms with Gasteiger partial charge in [-0.2, -0.15) is 0 Å². The zero-order chi connectivity index (χ0) is 17.9. The Hall–Kier alpha value is -1.95. The fraction of sp³-hybridized carbons (Fsp3) is 0.125. The standard InChI is InChI=1S/C16H12Cl3NO4/c1-23-15(21)9-5-3-4-6-20(14(9)16(22)24-2)13-8-11(18)10(17)7-12(13)19/h3-8H,1-2H3. The first-order valence-corrected chi connectivity index (χ1v) is 7.73. The average Bonchev–Trinajstić information content (AvgIpc) is 2.79. The molecule has 0 spiro atoms. The van der Waals surface area contributed by atoms with E-state index in [1.54, 1.807) is 18.4 Å². The van der Waals surface area contributed by atoms with Gasteiger partial charge < -0.3 is 14.4 Å². The lowest BCUT2D eigenvalue weighted by molar-refractivity contribution is -0.139.